The zero-order valence-electron chi connectivity index (χ0n) is 11.2. The summed E-state index contributed by atoms with van der Waals surface area (Å²) in [4.78, 5) is 15.6. The number of fused-ring (bicyclic) bond motifs is 1. The van der Waals surface area contributed by atoms with Crippen LogP contribution in [0.25, 0.3) is 10.2 Å². The van der Waals surface area contributed by atoms with Crippen LogP contribution in [0.15, 0.2) is 18.2 Å². The van der Waals surface area contributed by atoms with Crippen LogP contribution in [0.3, 0.4) is 0 Å². The number of hydrogen-bond donors (Lipinski definition) is 2. The minimum Gasteiger partial charge on any atom is -0.494 e. The van der Waals surface area contributed by atoms with Crippen LogP contribution in [0.2, 0.25) is 0 Å². The molecule has 2 aromatic rings. The molecule has 0 aliphatic carbocycles. The van der Waals surface area contributed by atoms with Crippen molar-refractivity contribution in [1.82, 2.24) is 10.3 Å². The summed E-state index contributed by atoms with van der Waals surface area (Å²) in [5.74, 6) is 0.694. The first-order valence-electron chi connectivity index (χ1n) is 6.26. The first-order valence-corrected chi connectivity index (χ1v) is 7.49. The lowest BCUT2D eigenvalue weighted by Gasteiger charge is -2.04. The van der Waals surface area contributed by atoms with Gasteiger partial charge >= 0.3 is 0 Å². The Morgan fingerprint density at radius 1 is 1.45 bits per heavy atom. The van der Waals surface area contributed by atoms with Crippen molar-refractivity contribution in [3.63, 3.8) is 0 Å². The van der Waals surface area contributed by atoms with Gasteiger partial charge in [-0.05, 0) is 37.3 Å². The lowest BCUT2D eigenvalue weighted by molar-refractivity contribution is -0.119. The van der Waals surface area contributed by atoms with Crippen LogP contribution < -0.4 is 15.4 Å². The largest absolute Gasteiger partial charge is 0.494 e. The van der Waals surface area contributed by atoms with E-state index in [1.165, 1.54) is 11.3 Å². The number of aromatic nitrogens is 1. The molecule has 0 saturated carbocycles. The Bertz CT molecular complexity index is 640. The molecule has 0 spiro atoms. The predicted molar refractivity (Wildman–Crippen MR) is 85.4 cm³/mol. The first kappa shape index (κ1) is 14.7. The number of thiocarbonyl (C=S) groups is 1. The van der Waals surface area contributed by atoms with Crippen molar-refractivity contribution in [2.45, 2.75) is 20.3 Å². The topological polar surface area (TPSA) is 63.2 Å². The molecular weight excluding hydrogens is 294 g/mol. The molecule has 0 unspecified atom stereocenters. The fraction of sp³-hybridized carbons (Fsp3) is 0.308. The molecule has 0 saturated heterocycles. The molecule has 1 aromatic heterocycles. The zero-order valence-corrected chi connectivity index (χ0v) is 12.9. The van der Waals surface area contributed by atoms with E-state index in [1.807, 2.05) is 25.1 Å². The SMILES string of the molecule is CCOc1ccc2nc(NC(=S)NC(=O)CC)sc2c1. The van der Waals surface area contributed by atoms with E-state index in [-0.39, 0.29) is 11.0 Å². The molecule has 0 aliphatic rings. The van der Waals surface area contributed by atoms with E-state index < -0.39 is 0 Å². The Hall–Kier alpha value is -1.73. The highest BCUT2D eigenvalue weighted by atomic mass is 32.1. The molecule has 0 radical (unpaired) electrons. The molecule has 2 rings (SSSR count). The monoisotopic (exact) mass is 309 g/mol. The standard InChI is InChI=1S/C13H15N3O2S2/c1-3-11(17)15-12(19)16-13-14-9-6-5-8(18-4-2)7-10(9)20-13/h5-7H,3-4H2,1-2H3,(H2,14,15,16,17,19). The summed E-state index contributed by atoms with van der Waals surface area (Å²) < 4.78 is 6.45. The van der Waals surface area contributed by atoms with Gasteiger partial charge in [0.15, 0.2) is 10.2 Å². The summed E-state index contributed by atoms with van der Waals surface area (Å²) in [6.45, 7) is 4.34. The maximum absolute atomic E-state index is 11.2. The second-order valence-electron chi connectivity index (χ2n) is 3.94. The van der Waals surface area contributed by atoms with E-state index in [0.717, 1.165) is 16.0 Å². The van der Waals surface area contributed by atoms with E-state index in [9.17, 15) is 4.79 Å². The number of thiazole rings is 1. The molecule has 106 valence electrons. The van der Waals surface area contributed by atoms with Crippen molar-refractivity contribution < 1.29 is 9.53 Å². The molecular formula is C13H15N3O2S2. The normalized spacial score (nSPS) is 10.3. The van der Waals surface area contributed by atoms with Crippen molar-refractivity contribution in [2.75, 3.05) is 11.9 Å². The van der Waals surface area contributed by atoms with Crippen LogP contribution in [0.1, 0.15) is 20.3 Å². The average molecular weight is 309 g/mol. The molecule has 7 heteroatoms. The minimum atomic E-state index is -0.123. The van der Waals surface area contributed by atoms with Gasteiger partial charge in [-0.15, -0.1) is 0 Å². The number of carbonyl (C=O) groups is 1. The first-order chi connectivity index (χ1) is 9.62. The van der Waals surface area contributed by atoms with Gasteiger partial charge in [-0.25, -0.2) is 4.98 Å². The van der Waals surface area contributed by atoms with Gasteiger partial charge in [-0.3, -0.25) is 4.79 Å². The lowest BCUT2D eigenvalue weighted by atomic mass is 10.3. The third-order valence-electron chi connectivity index (χ3n) is 2.47. The smallest absolute Gasteiger partial charge is 0.225 e. The summed E-state index contributed by atoms with van der Waals surface area (Å²) in [5, 5.41) is 6.40. The van der Waals surface area contributed by atoms with Gasteiger partial charge in [-0.2, -0.15) is 0 Å². The lowest BCUT2D eigenvalue weighted by Crippen LogP contribution is -2.33. The summed E-state index contributed by atoms with van der Waals surface area (Å²) in [7, 11) is 0. The maximum atomic E-state index is 11.2. The highest BCUT2D eigenvalue weighted by molar-refractivity contribution is 7.80. The summed E-state index contributed by atoms with van der Waals surface area (Å²) in [6, 6.07) is 5.72. The van der Waals surface area contributed by atoms with Gasteiger partial charge in [0.1, 0.15) is 5.75 Å². The van der Waals surface area contributed by atoms with Crippen LogP contribution in [0.4, 0.5) is 5.13 Å². The van der Waals surface area contributed by atoms with E-state index in [1.54, 1.807) is 6.92 Å². The quantitative estimate of drug-likeness (QED) is 0.850. The van der Waals surface area contributed by atoms with Crippen molar-refractivity contribution in [1.29, 1.82) is 0 Å². The number of amides is 1. The number of rotatable bonds is 4. The summed E-state index contributed by atoms with van der Waals surface area (Å²) >= 11 is 6.51. The fourth-order valence-corrected chi connectivity index (χ4v) is 2.73. The fourth-order valence-electron chi connectivity index (χ4n) is 1.56. The maximum Gasteiger partial charge on any atom is 0.225 e. The molecule has 0 bridgehead atoms. The van der Waals surface area contributed by atoms with Gasteiger partial charge in [-0.1, -0.05) is 18.3 Å². The molecule has 1 aromatic carbocycles. The zero-order chi connectivity index (χ0) is 14.5. The van der Waals surface area contributed by atoms with Crippen molar-refractivity contribution >= 4 is 49.9 Å². The van der Waals surface area contributed by atoms with Crippen LogP contribution >= 0.6 is 23.6 Å². The number of ether oxygens (including phenoxy) is 1. The average Bonchev–Trinajstić information content (AvgIpc) is 2.80. The van der Waals surface area contributed by atoms with Gasteiger partial charge in [0, 0.05) is 6.42 Å². The highest BCUT2D eigenvalue weighted by Gasteiger charge is 2.08. The van der Waals surface area contributed by atoms with Crippen LogP contribution in [-0.2, 0) is 4.79 Å². The number of hydrogen-bond acceptors (Lipinski definition) is 5. The molecule has 2 N–H and O–H groups in total. The molecule has 20 heavy (non-hydrogen) atoms. The van der Waals surface area contributed by atoms with E-state index in [0.29, 0.717) is 18.2 Å². The molecule has 0 aliphatic heterocycles. The Morgan fingerprint density at radius 2 is 2.25 bits per heavy atom. The number of carbonyl (C=O) groups excluding carboxylic acids is 1. The predicted octanol–water partition coefficient (Wildman–Crippen LogP) is 2.92. The van der Waals surface area contributed by atoms with Crippen molar-refractivity contribution in [3.8, 4) is 5.75 Å². The number of nitrogens with zero attached hydrogens (tertiary/aromatic N) is 1. The molecule has 5 nitrogen and oxygen atoms in total. The number of anilines is 1. The minimum absolute atomic E-state index is 0.123. The van der Waals surface area contributed by atoms with Crippen LogP contribution in [0, 0.1) is 0 Å². The van der Waals surface area contributed by atoms with Crippen LogP contribution in [0.5, 0.6) is 5.75 Å². The molecule has 1 amide bonds. The Morgan fingerprint density at radius 3 is 2.95 bits per heavy atom. The van der Waals surface area contributed by atoms with E-state index >= 15 is 0 Å². The number of benzene rings is 1. The van der Waals surface area contributed by atoms with Gasteiger partial charge in [0.2, 0.25) is 5.91 Å². The molecule has 0 atom stereocenters. The van der Waals surface area contributed by atoms with Crippen LogP contribution in [-0.4, -0.2) is 22.6 Å². The second-order valence-corrected chi connectivity index (χ2v) is 5.38. The Kier molecular flexibility index (Phi) is 4.86. The Labute approximate surface area is 126 Å². The van der Waals surface area contributed by atoms with E-state index in [2.05, 4.69) is 15.6 Å². The third-order valence-corrected chi connectivity index (χ3v) is 3.60. The molecule has 1 heterocycles. The van der Waals surface area contributed by atoms with Gasteiger partial charge < -0.3 is 15.4 Å². The Balaban J connectivity index is 2.11. The summed E-state index contributed by atoms with van der Waals surface area (Å²) in [6.07, 6.45) is 0.388. The van der Waals surface area contributed by atoms with Crippen molar-refractivity contribution in [2.24, 2.45) is 0 Å². The number of nitrogens with one attached hydrogen (secondary N) is 2. The second kappa shape index (κ2) is 6.62. The highest BCUT2D eigenvalue weighted by Crippen LogP contribution is 2.29. The summed E-state index contributed by atoms with van der Waals surface area (Å²) in [5.41, 5.74) is 0.866. The molecule has 0 fully saturated rings. The third kappa shape index (κ3) is 3.64. The van der Waals surface area contributed by atoms with Gasteiger partial charge in [0.05, 0.1) is 16.8 Å². The van der Waals surface area contributed by atoms with Crippen molar-refractivity contribution in [3.05, 3.63) is 18.2 Å². The van der Waals surface area contributed by atoms with E-state index in [4.69, 9.17) is 17.0 Å². The van der Waals surface area contributed by atoms with Gasteiger partial charge in [0.25, 0.3) is 0 Å².